The summed E-state index contributed by atoms with van der Waals surface area (Å²) in [7, 11) is 0. The Morgan fingerprint density at radius 3 is 1.52 bits per heavy atom. The van der Waals surface area contributed by atoms with Gasteiger partial charge in [-0.25, -0.2) is 0 Å². The van der Waals surface area contributed by atoms with Crippen molar-refractivity contribution in [3.63, 3.8) is 0 Å². The van der Waals surface area contributed by atoms with Gasteiger partial charge in [0, 0.05) is 50.0 Å². The minimum atomic E-state index is 0.990. The van der Waals surface area contributed by atoms with Gasteiger partial charge >= 0.3 is 0 Å². The van der Waals surface area contributed by atoms with Crippen LogP contribution in [-0.2, 0) is 6.42 Å². The van der Waals surface area contributed by atoms with Crippen LogP contribution >= 0.6 is 0 Å². The first kappa shape index (κ1) is 32.6. The lowest BCUT2D eigenvalue weighted by molar-refractivity contribution is 1.13. The van der Waals surface area contributed by atoms with Crippen LogP contribution in [0.5, 0.6) is 0 Å². The minimum Gasteiger partial charge on any atom is -0.310 e. The number of fused-ring (bicyclic) bond motifs is 9. The molecule has 0 fully saturated rings. The quantitative estimate of drug-likeness (QED) is 0.165. The summed E-state index contributed by atoms with van der Waals surface area (Å²) >= 11 is 0. The third-order valence-electron chi connectivity index (χ3n) is 12.1. The van der Waals surface area contributed by atoms with Crippen molar-refractivity contribution in [1.82, 2.24) is 9.13 Å². The molecule has 0 N–H and O–H groups in total. The standard InChI is InChI=1S/C55H37N3/c1-2-14-41(15-3-1)56(45-31-27-40-33-39-13-4-5-18-46(39)50(40)36-45)42-29-25-37(26-30-42)38-28-32-55-51(34-38)49-21-8-11-24-54(49)58(55)44-17-12-16-43(35-44)57-52-22-9-6-19-47(52)48-20-7-10-23-53(48)57/h1-32,34-36H,33H2. The second-order valence-electron chi connectivity index (χ2n) is 15.4. The summed E-state index contributed by atoms with van der Waals surface area (Å²) in [5, 5.41) is 5.02. The molecule has 2 aromatic heterocycles. The zero-order valence-electron chi connectivity index (χ0n) is 31.8. The van der Waals surface area contributed by atoms with Crippen molar-refractivity contribution in [2.75, 3.05) is 4.90 Å². The third kappa shape index (κ3) is 5.07. The predicted molar refractivity (Wildman–Crippen MR) is 243 cm³/mol. The molecule has 1 aliphatic rings. The van der Waals surface area contributed by atoms with Crippen LogP contribution in [-0.4, -0.2) is 9.13 Å². The van der Waals surface area contributed by atoms with E-state index < -0.39 is 0 Å². The number of benzene rings is 9. The fourth-order valence-electron chi connectivity index (χ4n) is 9.48. The first-order valence-electron chi connectivity index (χ1n) is 20.1. The lowest BCUT2D eigenvalue weighted by Gasteiger charge is -2.26. The van der Waals surface area contributed by atoms with Gasteiger partial charge in [-0.2, -0.15) is 0 Å². The number of hydrogen-bond donors (Lipinski definition) is 0. The molecule has 0 unspecified atom stereocenters. The van der Waals surface area contributed by atoms with Gasteiger partial charge in [0.25, 0.3) is 0 Å². The van der Waals surface area contributed by atoms with Gasteiger partial charge < -0.3 is 14.0 Å². The average molecular weight is 740 g/mol. The molecule has 0 saturated carbocycles. The molecule has 272 valence electrons. The van der Waals surface area contributed by atoms with E-state index in [0.29, 0.717) is 0 Å². The van der Waals surface area contributed by atoms with Crippen molar-refractivity contribution in [1.29, 1.82) is 0 Å². The first-order chi connectivity index (χ1) is 28.8. The van der Waals surface area contributed by atoms with Gasteiger partial charge in [-0.1, -0.05) is 127 Å². The molecule has 0 radical (unpaired) electrons. The lowest BCUT2D eigenvalue weighted by atomic mass is 10.0. The zero-order valence-corrected chi connectivity index (χ0v) is 31.8. The minimum absolute atomic E-state index is 0.990. The van der Waals surface area contributed by atoms with Crippen LogP contribution in [0.25, 0.3) is 77.2 Å². The molecule has 3 nitrogen and oxygen atoms in total. The Bertz CT molecular complexity index is 3310. The summed E-state index contributed by atoms with van der Waals surface area (Å²) in [6.45, 7) is 0. The molecule has 0 amide bonds. The van der Waals surface area contributed by atoms with Crippen LogP contribution < -0.4 is 4.90 Å². The van der Waals surface area contributed by atoms with Crippen LogP contribution in [0.4, 0.5) is 17.1 Å². The number of anilines is 3. The molecule has 0 spiro atoms. The summed E-state index contributed by atoms with van der Waals surface area (Å²) in [6, 6.07) is 77.6. The summed E-state index contributed by atoms with van der Waals surface area (Å²) in [5.41, 5.74) is 18.4. The summed E-state index contributed by atoms with van der Waals surface area (Å²) in [5.74, 6) is 0. The Balaban J connectivity index is 0.942. The maximum absolute atomic E-state index is 2.42. The number of para-hydroxylation sites is 4. The number of rotatable bonds is 6. The van der Waals surface area contributed by atoms with Gasteiger partial charge in [0.05, 0.1) is 22.1 Å². The molecule has 0 atom stereocenters. The number of hydrogen-bond acceptors (Lipinski definition) is 1. The summed E-state index contributed by atoms with van der Waals surface area (Å²) in [6.07, 6.45) is 0.990. The van der Waals surface area contributed by atoms with E-state index in [1.54, 1.807) is 0 Å². The highest BCUT2D eigenvalue weighted by atomic mass is 15.1. The molecule has 58 heavy (non-hydrogen) atoms. The molecule has 12 rings (SSSR count). The fourth-order valence-corrected chi connectivity index (χ4v) is 9.48. The smallest absolute Gasteiger partial charge is 0.0541 e. The molecule has 0 bridgehead atoms. The van der Waals surface area contributed by atoms with E-state index in [0.717, 1.165) is 34.9 Å². The van der Waals surface area contributed by atoms with Crippen LogP contribution in [0.15, 0.2) is 212 Å². The van der Waals surface area contributed by atoms with E-state index in [2.05, 4.69) is 226 Å². The molecule has 3 heteroatoms. The topological polar surface area (TPSA) is 13.1 Å². The zero-order chi connectivity index (χ0) is 38.2. The highest BCUT2D eigenvalue weighted by Gasteiger charge is 2.21. The summed E-state index contributed by atoms with van der Waals surface area (Å²) < 4.78 is 4.81. The van der Waals surface area contributed by atoms with Gasteiger partial charge in [0.1, 0.15) is 0 Å². The van der Waals surface area contributed by atoms with E-state index in [1.807, 2.05) is 0 Å². The van der Waals surface area contributed by atoms with Crippen molar-refractivity contribution >= 4 is 60.7 Å². The van der Waals surface area contributed by atoms with E-state index in [4.69, 9.17) is 0 Å². The van der Waals surface area contributed by atoms with Gasteiger partial charge in [-0.05, 0) is 125 Å². The van der Waals surface area contributed by atoms with Crippen molar-refractivity contribution in [3.8, 4) is 33.6 Å². The van der Waals surface area contributed by atoms with Gasteiger partial charge in [-0.15, -0.1) is 0 Å². The molecule has 2 heterocycles. The molecule has 0 saturated heterocycles. The van der Waals surface area contributed by atoms with Gasteiger partial charge in [0.15, 0.2) is 0 Å². The largest absolute Gasteiger partial charge is 0.310 e. The Kier molecular flexibility index (Phi) is 7.29. The van der Waals surface area contributed by atoms with Crippen LogP contribution in [0.1, 0.15) is 11.1 Å². The van der Waals surface area contributed by atoms with Crippen LogP contribution in [0, 0.1) is 0 Å². The number of nitrogens with zero attached hydrogens (tertiary/aromatic N) is 3. The maximum Gasteiger partial charge on any atom is 0.0541 e. The van der Waals surface area contributed by atoms with Gasteiger partial charge in [-0.3, -0.25) is 0 Å². The van der Waals surface area contributed by atoms with Crippen LogP contribution in [0.3, 0.4) is 0 Å². The third-order valence-corrected chi connectivity index (χ3v) is 12.1. The molecule has 0 aliphatic heterocycles. The average Bonchev–Trinajstić information content (AvgIpc) is 3.95. The van der Waals surface area contributed by atoms with Crippen molar-refractivity contribution < 1.29 is 0 Å². The van der Waals surface area contributed by atoms with E-state index >= 15 is 0 Å². The molecule has 11 aromatic rings. The first-order valence-corrected chi connectivity index (χ1v) is 20.1. The lowest BCUT2D eigenvalue weighted by Crippen LogP contribution is -2.10. The fraction of sp³-hybridized carbons (Fsp3) is 0.0182. The monoisotopic (exact) mass is 739 g/mol. The Morgan fingerprint density at radius 2 is 0.828 bits per heavy atom. The molecule has 1 aliphatic carbocycles. The Hall–Kier alpha value is -7.62. The predicted octanol–water partition coefficient (Wildman–Crippen LogP) is 14.6. The van der Waals surface area contributed by atoms with Crippen molar-refractivity contribution in [2.45, 2.75) is 6.42 Å². The molecule has 9 aromatic carbocycles. The highest BCUT2D eigenvalue weighted by Crippen LogP contribution is 2.43. The van der Waals surface area contributed by atoms with Crippen LogP contribution in [0.2, 0.25) is 0 Å². The van der Waals surface area contributed by atoms with E-state index in [-0.39, 0.29) is 0 Å². The number of aromatic nitrogens is 2. The van der Waals surface area contributed by atoms with Crippen molar-refractivity contribution in [2.24, 2.45) is 0 Å². The van der Waals surface area contributed by atoms with E-state index in [9.17, 15) is 0 Å². The molecular weight excluding hydrogens is 703 g/mol. The molecular formula is C55H37N3. The SMILES string of the molecule is c1ccc(N(c2ccc(-c3ccc4c(c3)c3ccccc3n4-c3cccc(-n4c5ccccc5c5ccccc54)c3)cc2)c2ccc3c(c2)-c2ccccc2C3)cc1. The van der Waals surface area contributed by atoms with Crippen molar-refractivity contribution in [3.05, 3.63) is 223 Å². The Morgan fingerprint density at radius 1 is 0.310 bits per heavy atom. The normalized spacial score (nSPS) is 12.1. The second kappa shape index (κ2) is 13.0. The Labute approximate surface area is 336 Å². The summed E-state index contributed by atoms with van der Waals surface area (Å²) in [4.78, 5) is 2.37. The van der Waals surface area contributed by atoms with E-state index in [1.165, 1.54) is 77.0 Å². The van der Waals surface area contributed by atoms with Gasteiger partial charge in [0.2, 0.25) is 0 Å². The maximum atomic E-state index is 2.42. The highest BCUT2D eigenvalue weighted by molar-refractivity contribution is 6.11. The second-order valence-corrected chi connectivity index (χ2v) is 15.4.